The second-order valence-corrected chi connectivity index (χ2v) is 9.72. The maximum Gasteiger partial charge on any atom is 0.309 e. The molecule has 0 spiro atoms. The number of benzene rings is 2. The van der Waals surface area contributed by atoms with Gasteiger partial charge in [-0.1, -0.05) is 54.6 Å². The molecule has 0 bridgehead atoms. The van der Waals surface area contributed by atoms with Crippen molar-refractivity contribution in [2.24, 2.45) is 5.41 Å². The molecule has 0 aliphatic rings. The van der Waals surface area contributed by atoms with Gasteiger partial charge in [0.2, 0.25) is 0 Å². The standard InChI is InChI=1S/C28H34N4O5/c1-28(2,27(35)36)18-22(16-19-10-12-21(13-11-19)20-8-6-5-7-9-20)29-25(33)23-17-24(31-30-23)26(34)32(3)14-15-37-4/h5-13,17,22H,14-16,18H2,1-4H3,(H,29,33)(H,30,31)(H,35,36)/t22-/m1/s1. The molecule has 0 fully saturated rings. The number of rotatable bonds is 12. The molecule has 0 saturated carbocycles. The lowest BCUT2D eigenvalue weighted by atomic mass is 9.83. The molecule has 1 heterocycles. The number of H-pyrrole nitrogens is 1. The molecule has 0 radical (unpaired) electrons. The zero-order valence-corrected chi connectivity index (χ0v) is 21.7. The Labute approximate surface area is 216 Å². The molecule has 196 valence electrons. The second-order valence-electron chi connectivity index (χ2n) is 9.72. The fourth-order valence-electron chi connectivity index (χ4n) is 3.96. The topological polar surface area (TPSA) is 125 Å². The molecule has 9 heteroatoms. The highest BCUT2D eigenvalue weighted by Gasteiger charge is 2.32. The number of aliphatic carboxylic acids is 1. The molecule has 0 saturated heterocycles. The van der Waals surface area contributed by atoms with Crippen LogP contribution in [0, 0.1) is 5.41 Å². The van der Waals surface area contributed by atoms with E-state index in [0.29, 0.717) is 19.6 Å². The number of hydrogen-bond acceptors (Lipinski definition) is 5. The molecule has 2 aromatic carbocycles. The number of carboxylic acid groups (broad SMARTS) is 1. The fraction of sp³-hybridized carbons (Fsp3) is 0.357. The van der Waals surface area contributed by atoms with Gasteiger partial charge in [-0.15, -0.1) is 0 Å². The first-order chi connectivity index (χ1) is 17.6. The Kier molecular flexibility index (Phi) is 9.19. The smallest absolute Gasteiger partial charge is 0.309 e. The van der Waals surface area contributed by atoms with E-state index in [1.807, 2.05) is 54.6 Å². The zero-order chi connectivity index (χ0) is 27.0. The van der Waals surface area contributed by atoms with Gasteiger partial charge >= 0.3 is 5.97 Å². The largest absolute Gasteiger partial charge is 0.481 e. The molecule has 3 aromatic rings. The van der Waals surface area contributed by atoms with E-state index in [1.54, 1.807) is 28.0 Å². The maximum absolute atomic E-state index is 13.0. The summed E-state index contributed by atoms with van der Waals surface area (Å²) >= 11 is 0. The van der Waals surface area contributed by atoms with E-state index in [1.165, 1.54) is 11.0 Å². The number of aromatic amines is 1. The van der Waals surface area contributed by atoms with E-state index in [2.05, 4.69) is 15.5 Å². The molecule has 3 N–H and O–H groups in total. The molecule has 9 nitrogen and oxygen atoms in total. The molecule has 1 atom stereocenters. The Balaban J connectivity index is 1.74. The summed E-state index contributed by atoms with van der Waals surface area (Å²) in [5.74, 6) is -1.74. The van der Waals surface area contributed by atoms with Crippen LogP contribution >= 0.6 is 0 Å². The van der Waals surface area contributed by atoms with Crippen LogP contribution in [0.3, 0.4) is 0 Å². The molecule has 37 heavy (non-hydrogen) atoms. The third-order valence-corrected chi connectivity index (χ3v) is 6.23. The number of carbonyl (C=O) groups is 3. The van der Waals surface area contributed by atoms with Gasteiger partial charge in [-0.25, -0.2) is 0 Å². The number of ether oxygens (including phenoxy) is 1. The summed E-state index contributed by atoms with van der Waals surface area (Å²) < 4.78 is 4.99. The van der Waals surface area contributed by atoms with Crippen LogP contribution in [0.1, 0.15) is 46.8 Å². The van der Waals surface area contributed by atoms with Gasteiger partial charge in [-0.05, 0) is 43.4 Å². The van der Waals surface area contributed by atoms with Crippen LogP contribution in [-0.4, -0.2) is 71.3 Å². The van der Waals surface area contributed by atoms with Gasteiger partial charge < -0.3 is 20.1 Å². The Morgan fingerprint density at radius 2 is 1.73 bits per heavy atom. The van der Waals surface area contributed by atoms with Gasteiger partial charge in [0.1, 0.15) is 5.69 Å². The average Bonchev–Trinajstić information content (AvgIpc) is 3.38. The highest BCUT2D eigenvalue weighted by molar-refractivity contribution is 5.97. The Morgan fingerprint density at radius 3 is 2.35 bits per heavy atom. The first kappa shape index (κ1) is 27.6. The van der Waals surface area contributed by atoms with Crippen molar-refractivity contribution in [2.75, 3.05) is 27.3 Å². The number of carboxylic acids is 1. The molecule has 0 unspecified atom stereocenters. The molecular weight excluding hydrogens is 472 g/mol. The number of carbonyl (C=O) groups excluding carboxylic acids is 2. The van der Waals surface area contributed by atoms with Gasteiger partial charge in [0, 0.05) is 32.8 Å². The van der Waals surface area contributed by atoms with Gasteiger partial charge in [0.05, 0.1) is 12.0 Å². The van der Waals surface area contributed by atoms with Gasteiger partial charge in [-0.3, -0.25) is 19.5 Å². The first-order valence-electron chi connectivity index (χ1n) is 12.1. The van der Waals surface area contributed by atoms with Crippen molar-refractivity contribution in [1.29, 1.82) is 0 Å². The Morgan fingerprint density at radius 1 is 1.08 bits per heavy atom. The van der Waals surface area contributed by atoms with E-state index in [0.717, 1.165) is 16.7 Å². The summed E-state index contributed by atoms with van der Waals surface area (Å²) in [6.45, 7) is 4.04. The molecule has 3 rings (SSSR count). The third-order valence-electron chi connectivity index (χ3n) is 6.23. The minimum absolute atomic E-state index is 0.114. The molecule has 0 aliphatic heterocycles. The van der Waals surface area contributed by atoms with Gasteiger partial charge in [0.15, 0.2) is 5.69 Å². The first-order valence-corrected chi connectivity index (χ1v) is 12.1. The predicted molar refractivity (Wildman–Crippen MR) is 140 cm³/mol. The lowest BCUT2D eigenvalue weighted by Gasteiger charge is -2.27. The third kappa shape index (κ3) is 7.50. The lowest BCUT2D eigenvalue weighted by molar-refractivity contribution is -0.147. The van der Waals surface area contributed by atoms with Crippen molar-refractivity contribution in [2.45, 2.75) is 32.7 Å². The summed E-state index contributed by atoms with van der Waals surface area (Å²) in [6, 6.07) is 18.9. The molecule has 2 amide bonds. The monoisotopic (exact) mass is 506 g/mol. The Hall–Kier alpha value is -3.98. The van der Waals surface area contributed by atoms with Crippen LogP contribution in [0.25, 0.3) is 11.1 Å². The number of nitrogens with zero attached hydrogens (tertiary/aromatic N) is 2. The predicted octanol–water partition coefficient (Wildman–Crippen LogP) is 3.64. The number of nitrogens with one attached hydrogen (secondary N) is 2. The summed E-state index contributed by atoms with van der Waals surface area (Å²) in [7, 11) is 3.18. The molecule has 1 aromatic heterocycles. The summed E-state index contributed by atoms with van der Waals surface area (Å²) in [5.41, 5.74) is 2.32. The summed E-state index contributed by atoms with van der Waals surface area (Å²) in [6.07, 6.45) is 0.658. The van der Waals surface area contributed by atoms with Crippen molar-refractivity contribution in [3.63, 3.8) is 0 Å². The minimum Gasteiger partial charge on any atom is -0.481 e. The van der Waals surface area contributed by atoms with E-state index < -0.39 is 23.3 Å². The maximum atomic E-state index is 13.0. The number of hydrogen-bond donors (Lipinski definition) is 3. The van der Waals surface area contributed by atoms with Crippen molar-refractivity contribution < 1.29 is 24.2 Å². The van der Waals surface area contributed by atoms with Crippen molar-refractivity contribution in [3.8, 4) is 11.1 Å². The fourth-order valence-corrected chi connectivity index (χ4v) is 3.96. The van der Waals surface area contributed by atoms with Crippen LogP contribution in [-0.2, 0) is 16.0 Å². The van der Waals surface area contributed by atoms with E-state index in [9.17, 15) is 19.5 Å². The summed E-state index contributed by atoms with van der Waals surface area (Å²) in [4.78, 5) is 38.8. The zero-order valence-electron chi connectivity index (χ0n) is 21.7. The van der Waals surface area contributed by atoms with Crippen LogP contribution in [0.15, 0.2) is 60.7 Å². The Bertz CT molecular complexity index is 1200. The SMILES string of the molecule is COCCN(C)C(=O)c1cc(C(=O)N[C@H](Cc2ccc(-c3ccccc3)cc2)CC(C)(C)C(=O)O)[nH]n1. The average molecular weight is 507 g/mol. The van der Waals surface area contributed by atoms with Gasteiger partial charge in [-0.2, -0.15) is 5.10 Å². The van der Waals surface area contributed by atoms with Crippen LogP contribution in [0.4, 0.5) is 0 Å². The second kappa shape index (κ2) is 12.3. The minimum atomic E-state index is -1.05. The van der Waals surface area contributed by atoms with E-state index >= 15 is 0 Å². The van der Waals surface area contributed by atoms with Crippen LogP contribution in [0.2, 0.25) is 0 Å². The normalized spacial score (nSPS) is 12.1. The van der Waals surface area contributed by atoms with Crippen molar-refractivity contribution in [1.82, 2.24) is 20.4 Å². The highest BCUT2D eigenvalue weighted by Crippen LogP contribution is 2.26. The quantitative estimate of drug-likeness (QED) is 0.345. The lowest BCUT2D eigenvalue weighted by Crippen LogP contribution is -2.41. The van der Waals surface area contributed by atoms with Gasteiger partial charge in [0.25, 0.3) is 11.8 Å². The number of methoxy groups -OCH3 is 1. The van der Waals surface area contributed by atoms with E-state index in [4.69, 9.17) is 4.74 Å². The number of amides is 2. The molecular formula is C28H34N4O5. The van der Waals surface area contributed by atoms with E-state index in [-0.39, 0.29) is 23.7 Å². The molecule has 0 aliphatic carbocycles. The van der Waals surface area contributed by atoms with Crippen molar-refractivity contribution >= 4 is 17.8 Å². The van der Waals surface area contributed by atoms with Crippen LogP contribution < -0.4 is 5.32 Å². The number of likely N-dealkylation sites (N-methyl/N-ethyl adjacent to an activating group) is 1. The highest BCUT2D eigenvalue weighted by atomic mass is 16.5. The summed E-state index contributed by atoms with van der Waals surface area (Å²) in [5, 5.41) is 19.2. The van der Waals surface area contributed by atoms with Crippen molar-refractivity contribution in [3.05, 3.63) is 77.6 Å². The van der Waals surface area contributed by atoms with Crippen LogP contribution in [0.5, 0.6) is 0 Å². The number of aromatic nitrogens is 2.